The molecule has 0 bridgehead atoms. The molecule has 0 fully saturated rings. The molecule has 0 aliphatic carbocycles. The minimum atomic E-state index is -0.587. The molecule has 0 unspecified atom stereocenters. The van der Waals surface area contributed by atoms with Gasteiger partial charge in [0, 0.05) is 24.8 Å². The summed E-state index contributed by atoms with van der Waals surface area (Å²) in [6.45, 7) is 8.30. The smallest absolute Gasteiger partial charge is 0.352 e. The molecule has 0 radical (unpaired) electrons. The molecular formula is C26H30N6O4. The van der Waals surface area contributed by atoms with Gasteiger partial charge in [-0.2, -0.15) is 0 Å². The van der Waals surface area contributed by atoms with E-state index in [-0.39, 0.29) is 40.6 Å². The molecule has 0 spiro atoms. The predicted octanol–water partition coefficient (Wildman–Crippen LogP) is 2.50. The van der Waals surface area contributed by atoms with Crippen molar-refractivity contribution in [2.24, 2.45) is 13.0 Å². The van der Waals surface area contributed by atoms with E-state index < -0.39 is 11.6 Å². The van der Waals surface area contributed by atoms with Crippen LogP contribution in [0.25, 0.3) is 16.7 Å². The maximum absolute atomic E-state index is 13.3. The van der Waals surface area contributed by atoms with Gasteiger partial charge in [-0.1, -0.05) is 39.8 Å². The van der Waals surface area contributed by atoms with Crippen molar-refractivity contribution in [3.8, 4) is 0 Å². The number of nitrogens with one attached hydrogen (secondary N) is 2. The van der Waals surface area contributed by atoms with E-state index in [9.17, 15) is 19.2 Å². The highest BCUT2D eigenvalue weighted by atomic mass is 16.2. The zero-order valence-electron chi connectivity index (χ0n) is 21.0. The van der Waals surface area contributed by atoms with Crippen molar-refractivity contribution in [1.82, 2.24) is 24.1 Å². The Kier molecular flexibility index (Phi) is 6.78. The lowest BCUT2D eigenvalue weighted by atomic mass is 10.0. The second kappa shape index (κ2) is 9.80. The Morgan fingerprint density at radius 3 is 2.33 bits per heavy atom. The number of anilines is 1. The van der Waals surface area contributed by atoms with Gasteiger partial charge in [0.2, 0.25) is 11.7 Å². The summed E-state index contributed by atoms with van der Waals surface area (Å²) in [6, 6.07) is 12.1. The number of aromatic nitrogens is 4. The van der Waals surface area contributed by atoms with Crippen LogP contribution in [0.1, 0.15) is 49.5 Å². The van der Waals surface area contributed by atoms with Crippen LogP contribution in [0, 0.1) is 5.92 Å². The second-order valence-corrected chi connectivity index (χ2v) is 9.60. The van der Waals surface area contributed by atoms with Crippen LogP contribution < -0.4 is 21.9 Å². The van der Waals surface area contributed by atoms with E-state index in [1.807, 2.05) is 38.1 Å². The summed E-state index contributed by atoms with van der Waals surface area (Å²) in [5, 5.41) is 10.1. The van der Waals surface area contributed by atoms with Crippen LogP contribution in [0.15, 0.2) is 52.1 Å². The van der Waals surface area contributed by atoms with Gasteiger partial charge in [0.25, 0.3) is 11.5 Å². The fourth-order valence-corrected chi connectivity index (χ4v) is 3.92. The van der Waals surface area contributed by atoms with Gasteiger partial charge in [0.1, 0.15) is 6.54 Å². The Morgan fingerprint density at radius 1 is 1.00 bits per heavy atom. The van der Waals surface area contributed by atoms with E-state index in [1.165, 1.54) is 28.1 Å². The first-order valence-electron chi connectivity index (χ1n) is 11.9. The Bertz CT molecular complexity index is 1570. The number of aryl methyl sites for hydroxylation is 1. The maximum atomic E-state index is 13.3. The van der Waals surface area contributed by atoms with E-state index >= 15 is 0 Å². The molecule has 2 aromatic carbocycles. The van der Waals surface area contributed by atoms with Crippen molar-refractivity contribution in [2.75, 3.05) is 11.9 Å². The number of fused-ring (bicyclic) bond motifs is 3. The SMILES string of the molecule is CC(C)CNC(=O)c1ccc2c(=O)n(C)c3nn(CC(=O)Nc4ccc(C(C)C)cc4)c(=O)n3c2c1. The zero-order chi connectivity index (χ0) is 26.1. The van der Waals surface area contributed by atoms with Gasteiger partial charge in [-0.3, -0.25) is 19.0 Å². The lowest BCUT2D eigenvalue weighted by Crippen LogP contribution is -2.29. The minimum absolute atomic E-state index is 0.0753. The van der Waals surface area contributed by atoms with Crippen LogP contribution in [0.4, 0.5) is 5.69 Å². The monoisotopic (exact) mass is 490 g/mol. The van der Waals surface area contributed by atoms with Crippen molar-refractivity contribution >= 4 is 34.2 Å². The first kappa shape index (κ1) is 24.9. The van der Waals surface area contributed by atoms with Gasteiger partial charge in [-0.25, -0.2) is 13.9 Å². The number of hydrogen-bond donors (Lipinski definition) is 2. The van der Waals surface area contributed by atoms with Crippen LogP contribution in [0.3, 0.4) is 0 Å². The number of carbonyl (C=O) groups is 2. The molecule has 188 valence electrons. The lowest BCUT2D eigenvalue weighted by Gasteiger charge is -2.09. The highest BCUT2D eigenvalue weighted by molar-refractivity contribution is 5.98. The number of carbonyl (C=O) groups excluding carboxylic acids is 2. The first-order valence-corrected chi connectivity index (χ1v) is 11.9. The number of benzene rings is 2. The quantitative estimate of drug-likeness (QED) is 0.413. The van der Waals surface area contributed by atoms with E-state index in [0.717, 1.165) is 10.2 Å². The summed E-state index contributed by atoms with van der Waals surface area (Å²) in [4.78, 5) is 51.5. The average Bonchev–Trinajstić information content (AvgIpc) is 3.16. The Labute approximate surface area is 207 Å². The van der Waals surface area contributed by atoms with E-state index in [1.54, 1.807) is 6.07 Å². The molecule has 0 atom stereocenters. The molecule has 10 nitrogen and oxygen atoms in total. The molecule has 4 rings (SSSR count). The normalized spacial score (nSPS) is 11.5. The van der Waals surface area contributed by atoms with Crippen LogP contribution >= 0.6 is 0 Å². The Balaban J connectivity index is 1.70. The molecular weight excluding hydrogens is 460 g/mol. The Hall–Kier alpha value is -4.21. The first-order chi connectivity index (χ1) is 17.1. The molecule has 2 amide bonds. The fourth-order valence-electron chi connectivity index (χ4n) is 3.92. The van der Waals surface area contributed by atoms with Crippen LogP contribution in [0.5, 0.6) is 0 Å². The molecule has 0 aliphatic heterocycles. The van der Waals surface area contributed by atoms with E-state index in [2.05, 4.69) is 29.6 Å². The summed E-state index contributed by atoms with van der Waals surface area (Å²) in [7, 11) is 1.51. The zero-order valence-corrected chi connectivity index (χ0v) is 21.0. The van der Waals surface area contributed by atoms with Gasteiger partial charge in [-0.15, -0.1) is 5.10 Å². The topological polar surface area (TPSA) is 120 Å². The average molecular weight is 491 g/mol. The minimum Gasteiger partial charge on any atom is -0.352 e. The summed E-state index contributed by atoms with van der Waals surface area (Å²) in [5.74, 6) is -0.0157. The highest BCUT2D eigenvalue weighted by Gasteiger charge is 2.19. The third-order valence-corrected chi connectivity index (χ3v) is 5.98. The molecule has 10 heteroatoms. The summed E-state index contributed by atoms with van der Waals surface area (Å²) >= 11 is 0. The highest BCUT2D eigenvalue weighted by Crippen LogP contribution is 2.17. The number of amides is 2. The van der Waals surface area contributed by atoms with Crippen molar-refractivity contribution < 1.29 is 9.59 Å². The molecule has 2 aromatic heterocycles. The second-order valence-electron chi connectivity index (χ2n) is 9.60. The van der Waals surface area contributed by atoms with Crippen molar-refractivity contribution in [2.45, 2.75) is 40.2 Å². The van der Waals surface area contributed by atoms with E-state index in [4.69, 9.17) is 0 Å². The van der Waals surface area contributed by atoms with Crippen molar-refractivity contribution in [3.63, 3.8) is 0 Å². The molecule has 0 saturated heterocycles. The standard InChI is InChI=1S/C26H30N6O4/c1-15(2)13-27-23(34)18-8-11-20-21(12-18)32-25(30(5)24(20)35)29-31(26(32)36)14-22(33)28-19-9-6-17(7-10-19)16(3)4/h6-12,15-16H,13-14H2,1-5H3,(H,27,34)(H,28,33). The van der Waals surface area contributed by atoms with Gasteiger partial charge < -0.3 is 10.6 Å². The van der Waals surface area contributed by atoms with Crippen LogP contribution in [0.2, 0.25) is 0 Å². The van der Waals surface area contributed by atoms with Crippen LogP contribution in [-0.2, 0) is 18.4 Å². The van der Waals surface area contributed by atoms with Gasteiger partial charge >= 0.3 is 5.69 Å². The lowest BCUT2D eigenvalue weighted by molar-refractivity contribution is -0.117. The molecule has 2 N–H and O–H groups in total. The largest absolute Gasteiger partial charge is 0.352 e. The third kappa shape index (κ3) is 4.79. The molecule has 36 heavy (non-hydrogen) atoms. The van der Waals surface area contributed by atoms with Gasteiger partial charge in [0.15, 0.2) is 0 Å². The summed E-state index contributed by atoms with van der Waals surface area (Å²) in [6.07, 6.45) is 0. The third-order valence-electron chi connectivity index (χ3n) is 5.98. The predicted molar refractivity (Wildman–Crippen MR) is 139 cm³/mol. The molecule has 2 heterocycles. The fraction of sp³-hybridized carbons (Fsp3) is 0.346. The van der Waals surface area contributed by atoms with Crippen molar-refractivity contribution in [1.29, 1.82) is 0 Å². The summed E-state index contributed by atoms with van der Waals surface area (Å²) in [5.41, 5.74) is 1.38. The maximum Gasteiger partial charge on any atom is 0.352 e. The van der Waals surface area contributed by atoms with Gasteiger partial charge in [-0.05, 0) is 47.7 Å². The number of nitrogens with zero attached hydrogens (tertiary/aromatic N) is 4. The van der Waals surface area contributed by atoms with E-state index in [0.29, 0.717) is 23.7 Å². The molecule has 0 saturated carbocycles. The molecule has 0 aliphatic rings. The van der Waals surface area contributed by atoms with Crippen molar-refractivity contribution in [3.05, 3.63) is 74.4 Å². The number of hydrogen-bond acceptors (Lipinski definition) is 5. The molecule has 4 aromatic rings. The number of rotatable bonds is 7. The Morgan fingerprint density at radius 2 is 1.69 bits per heavy atom. The van der Waals surface area contributed by atoms with Gasteiger partial charge in [0.05, 0.1) is 10.9 Å². The summed E-state index contributed by atoms with van der Waals surface area (Å²) < 4.78 is 3.51. The van der Waals surface area contributed by atoms with Crippen LogP contribution in [-0.4, -0.2) is 37.1 Å².